The lowest BCUT2D eigenvalue weighted by Gasteiger charge is -2.34. The van der Waals surface area contributed by atoms with Gasteiger partial charge < -0.3 is 19.5 Å². The lowest BCUT2D eigenvalue weighted by atomic mass is 9.96. The Kier molecular flexibility index (Phi) is 9.25. The molecule has 1 N–H and O–H groups in total. The summed E-state index contributed by atoms with van der Waals surface area (Å²) in [5.41, 5.74) is 0.950. The van der Waals surface area contributed by atoms with Crippen LogP contribution in [0.1, 0.15) is 18.1 Å². The van der Waals surface area contributed by atoms with Crippen molar-refractivity contribution in [1.82, 2.24) is 4.31 Å². The summed E-state index contributed by atoms with van der Waals surface area (Å²) in [6.07, 6.45) is 0.0117. The summed E-state index contributed by atoms with van der Waals surface area (Å²) in [7, 11) is -2.95. The number of nitrogens with one attached hydrogen (secondary N) is 1. The molecule has 1 atom stereocenters. The van der Waals surface area contributed by atoms with Crippen LogP contribution in [0.3, 0.4) is 0 Å². The number of nitrogens with zero attached hydrogens (tertiary/aromatic N) is 2. The van der Waals surface area contributed by atoms with Gasteiger partial charge in [0.1, 0.15) is 28.1 Å². The van der Waals surface area contributed by atoms with Gasteiger partial charge in [0.15, 0.2) is 6.61 Å². The molecule has 0 saturated heterocycles. The number of benzene rings is 3. The topological polar surface area (TPSA) is 154 Å². The second-order valence-corrected chi connectivity index (χ2v) is 11.6. The molecule has 0 fully saturated rings. The summed E-state index contributed by atoms with van der Waals surface area (Å²) in [4.78, 5) is 36.5. The smallest absolute Gasteiger partial charge is 0.325 e. The fraction of sp³-hybridized carbons (Fsp3) is 0.259. The van der Waals surface area contributed by atoms with Gasteiger partial charge in [-0.15, -0.1) is 0 Å². The molecule has 0 bridgehead atoms. The van der Waals surface area contributed by atoms with Crippen molar-refractivity contribution in [3.63, 3.8) is 0 Å². The number of amides is 1. The maximum atomic E-state index is 14.0. The number of hydrogen-bond acceptors (Lipinski definition) is 9. The average molecular weight is 648 g/mol. The zero-order valence-electron chi connectivity index (χ0n) is 22.0. The van der Waals surface area contributed by atoms with E-state index in [9.17, 15) is 28.1 Å². The predicted molar refractivity (Wildman–Crippen MR) is 151 cm³/mol. The van der Waals surface area contributed by atoms with Crippen LogP contribution in [0.25, 0.3) is 0 Å². The highest BCUT2D eigenvalue weighted by Gasteiger charge is 2.42. The molecule has 14 heteroatoms. The van der Waals surface area contributed by atoms with Gasteiger partial charge in [-0.3, -0.25) is 19.7 Å². The standard InChI is InChI=1S/C27H26BrN3O9S/c1-3-39-24-11-8-19(28)13-25(24)41(36,37)30-15-18-7-5-4-6-17(18)12-23(30)27(33)40-16-26(32)29-21-10-9-20(38-2)14-22(21)31(34)35/h4-11,13-14,23H,3,12,15-16H2,1-2H3,(H,29,32). The minimum atomic E-state index is -4.29. The van der Waals surface area contributed by atoms with Gasteiger partial charge in [0.25, 0.3) is 11.6 Å². The number of ether oxygens (including phenoxy) is 3. The van der Waals surface area contributed by atoms with Crippen LogP contribution in [0.4, 0.5) is 11.4 Å². The molecular weight excluding hydrogens is 622 g/mol. The van der Waals surface area contributed by atoms with E-state index < -0.39 is 45.2 Å². The highest BCUT2D eigenvalue weighted by molar-refractivity contribution is 9.10. The van der Waals surface area contributed by atoms with Gasteiger partial charge in [-0.1, -0.05) is 40.2 Å². The Morgan fingerprint density at radius 3 is 2.54 bits per heavy atom. The number of carbonyl (C=O) groups excluding carboxylic acids is 2. The zero-order valence-corrected chi connectivity index (χ0v) is 24.4. The zero-order chi connectivity index (χ0) is 29.7. The Balaban J connectivity index is 1.58. The molecule has 0 aliphatic carbocycles. The molecule has 1 heterocycles. The van der Waals surface area contributed by atoms with Crippen molar-refractivity contribution in [2.75, 3.05) is 25.6 Å². The van der Waals surface area contributed by atoms with E-state index in [-0.39, 0.29) is 41.7 Å². The number of fused-ring (bicyclic) bond motifs is 1. The SMILES string of the molecule is CCOc1ccc(Br)cc1S(=O)(=O)N1Cc2ccccc2CC1C(=O)OCC(=O)Nc1ccc(OC)cc1[N+](=O)[O-]. The van der Waals surface area contributed by atoms with Crippen LogP contribution in [0, 0.1) is 10.1 Å². The van der Waals surface area contributed by atoms with Gasteiger partial charge in [0.05, 0.1) is 24.7 Å². The number of esters is 1. The summed E-state index contributed by atoms with van der Waals surface area (Å²) in [5, 5.41) is 13.8. The summed E-state index contributed by atoms with van der Waals surface area (Å²) >= 11 is 3.30. The summed E-state index contributed by atoms with van der Waals surface area (Å²) < 4.78 is 45.2. The van der Waals surface area contributed by atoms with E-state index in [4.69, 9.17) is 14.2 Å². The second-order valence-electron chi connectivity index (χ2n) is 8.86. The van der Waals surface area contributed by atoms with Gasteiger partial charge in [-0.2, -0.15) is 4.31 Å². The van der Waals surface area contributed by atoms with Crippen molar-refractivity contribution in [1.29, 1.82) is 0 Å². The molecule has 41 heavy (non-hydrogen) atoms. The molecule has 216 valence electrons. The molecule has 1 aliphatic rings. The van der Waals surface area contributed by atoms with Crippen molar-refractivity contribution in [3.05, 3.63) is 86.4 Å². The Morgan fingerprint density at radius 2 is 1.85 bits per heavy atom. The third-order valence-electron chi connectivity index (χ3n) is 6.29. The first-order chi connectivity index (χ1) is 19.5. The Hall–Kier alpha value is -4.01. The first-order valence-corrected chi connectivity index (χ1v) is 14.6. The second kappa shape index (κ2) is 12.7. The highest BCUT2D eigenvalue weighted by atomic mass is 79.9. The largest absolute Gasteiger partial charge is 0.496 e. The Bertz CT molecular complexity index is 1600. The van der Waals surface area contributed by atoms with Gasteiger partial charge in [0, 0.05) is 17.4 Å². The number of sulfonamides is 1. The first-order valence-electron chi connectivity index (χ1n) is 12.3. The van der Waals surface area contributed by atoms with Crippen molar-refractivity contribution in [2.24, 2.45) is 0 Å². The minimum absolute atomic E-state index is 0.0117. The maximum Gasteiger partial charge on any atom is 0.325 e. The third-order valence-corrected chi connectivity index (χ3v) is 8.66. The van der Waals surface area contributed by atoms with Gasteiger partial charge in [-0.05, 0) is 48.4 Å². The number of rotatable bonds is 10. The van der Waals surface area contributed by atoms with Gasteiger partial charge in [-0.25, -0.2) is 8.42 Å². The fourth-order valence-corrected chi connectivity index (χ4v) is 6.58. The molecule has 3 aromatic rings. The molecule has 1 unspecified atom stereocenters. The molecule has 4 rings (SSSR count). The quantitative estimate of drug-likeness (QED) is 0.195. The van der Waals surface area contributed by atoms with E-state index in [1.807, 2.05) is 0 Å². The third kappa shape index (κ3) is 6.66. The van der Waals surface area contributed by atoms with E-state index in [1.165, 1.54) is 31.4 Å². The van der Waals surface area contributed by atoms with Crippen molar-refractivity contribution in [2.45, 2.75) is 30.8 Å². The summed E-state index contributed by atoms with van der Waals surface area (Å²) in [6, 6.07) is 14.3. The summed E-state index contributed by atoms with van der Waals surface area (Å²) in [5.74, 6) is -1.45. The lowest BCUT2D eigenvalue weighted by Crippen LogP contribution is -2.49. The van der Waals surface area contributed by atoms with Crippen LogP contribution < -0.4 is 14.8 Å². The average Bonchev–Trinajstić information content (AvgIpc) is 2.96. The predicted octanol–water partition coefficient (Wildman–Crippen LogP) is 4.06. The monoisotopic (exact) mass is 647 g/mol. The number of nitro groups is 1. The van der Waals surface area contributed by atoms with Crippen LogP contribution in [-0.2, 0) is 37.3 Å². The van der Waals surface area contributed by atoms with Gasteiger partial charge in [0.2, 0.25) is 10.0 Å². The number of halogens is 1. The Morgan fingerprint density at radius 1 is 1.12 bits per heavy atom. The molecule has 0 radical (unpaired) electrons. The molecule has 0 saturated carbocycles. The van der Waals surface area contributed by atoms with E-state index >= 15 is 0 Å². The minimum Gasteiger partial charge on any atom is -0.496 e. The van der Waals surface area contributed by atoms with E-state index in [0.29, 0.717) is 4.47 Å². The number of anilines is 1. The number of methoxy groups -OCH3 is 1. The van der Waals surface area contributed by atoms with Crippen LogP contribution in [0.5, 0.6) is 11.5 Å². The first kappa shape index (κ1) is 30.0. The van der Waals surface area contributed by atoms with Crippen molar-refractivity contribution in [3.8, 4) is 11.5 Å². The Labute approximate surface area is 244 Å². The van der Waals surface area contributed by atoms with E-state index in [1.54, 1.807) is 37.3 Å². The van der Waals surface area contributed by atoms with Crippen molar-refractivity contribution < 1.29 is 37.1 Å². The van der Waals surface area contributed by atoms with Crippen molar-refractivity contribution >= 4 is 49.2 Å². The van der Waals surface area contributed by atoms with E-state index in [2.05, 4.69) is 21.2 Å². The molecule has 0 aromatic heterocycles. The number of nitro benzene ring substituents is 1. The highest BCUT2D eigenvalue weighted by Crippen LogP contribution is 2.35. The molecular formula is C27H26BrN3O9S. The van der Waals surface area contributed by atoms with Crippen LogP contribution in [-0.4, -0.2) is 55.9 Å². The number of hydrogen-bond donors (Lipinski definition) is 1. The van der Waals surface area contributed by atoms with Crippen LogP contribution in [0.15, 0.2) is 70.0 Å². The lowest BCUT2D eigenvalue weighted by molar-refractivity contribution is -0.384. The maximum absolute atomic E-state index is 14.0. The van der Waals surface area contributed by atoms with E-state index in [0.717, 1.165) is 21.5 Å². The fourth-order valence-electron chi connectivity index (χ4n) is 4.35. The molecule has 0 spiro atoms. The molecule has 12 nitrogen and oxygen atoms in total. The molecule has 1 aliphatic heterocycles. The number of carbonyl (C=O) groups is 2. The molecule has 1 amide bonds. The summed E-state index contributed by atoms with van der Waals surface area (Å²) in [6.45, 7) is 1.04. The molecule has 3 aromatic carbocycles. The van der Waals surface area contributed by atoms with Crippen LogP contribution >= 0.6 is 15.9 Å². The normalized spacial score (nSPS) is 15.0. The van der Waals surface area contributed by atoms with Gasteiger partial charge >= 0.3 is 5.97 Å². The van der Waals surface area contributed by atoms with Crippen LogP contribution in [0.2, 0.25) is 0 Å².